The molecule has 2 fully saturated rings. The molecule has 2 heterocycles. The molecule has 1 aromatic carbocycles. The second kappa shape index (κ2) is 5.15. The van der Waals surface area contributed by atoms with Gasteiger partial charge in [0.2, 0.25) is 0 Å². The molecular formula is C16H19NO4. The van der Waals surface area contributed by atoms with Crippen LogP contribution >= 0.6 is 0 Å². The van der Waals surface area contributed by atoms with Crippen LogP contribution in [0.5, 0.6) is 0 Å². The van der Waals surface area contributed by atoms with Gasteiger partial charge in [0.25, 0.3) is 5.91 Å². The van der Waals surface area contributed by atoms with E-state index in [4.69, 9.17) is 9.47 Å². The number of methoxy groups -OCH3 is 2. The van der Waals surface area contributed by atoms with Gasteiger partial charge < -0.3 is 14.4 Å². The molecule has 0 saturated carbocycles. The molecule has 0 radical (unpaired) electrons. The molecule has 0 aromatic heterocycles. The van der Waals surface area contributed by atoms with Crippen LogP contribution in [0.4, 0.5) is 0 Å². The Kier molecular flexibility index (Phi) is 3.45. The highest BCUT2D eigenvalue weighted by molar-refractivity contribution is 5.99. The van der Waals surface area contributed by atoms with E-state index >= 15 is 0 Å². The average Bonchev–Trinajstić information content (AvgIpc) is 3.07. The van der Waals surface area contributed by atoms with E-state index < -0.39 is 5.54 Å². The molecule has 1 amide bonds. The smallest absolute Gasteiger partial charge is 0.334 e. The third-order valence-electron chi connectivity index (χ3n) is 4.74. The molecule has 2 aliphatic heterocycles. The van der Waals surface area contributed by atoms with Gasteiger partial charge in [0, 0.05) is 18.7 Å². The fourth-order valence-corrected chi connectivity index (χ4v) is 3.81. The monoisotopic (exact) mass is 289 g/mol. The van der Waals surface area contributed by atoms with Crippen molar-refractivity contribution in [2.75, 3.05) is 14.2 Å². The van der Waals surface area contributed by atoms with Gasteiger partial charge in [-0.25, -0.2) is 4.79 Å². The lowest BCUT2D eigenvalue weighted by molar-refractivity contribution is -0.157. The van der Waals surface area contributed by atoms with Crippen LogP contribution in [0.1, 0.15) is 29.6 Å². The quantitative estimate of drug-likeness (QED) is 0.794. The van der Waals surface area contributed by atoms with E-state index in [0.717, 1.165) is 6.42 Å². The standard InChI is InChI=1S/C16H19NO4/c1-20-13-10-12-8-9-16(13,15(19)21-2)17(12)14(18)11-6-4-3-5-7-11/h3-7,12-13H,8-10H2,1-2H3/t12-,13+,16+/m1/s1. The molecule has 2 bridgehead atoms. The number of esters is 1. The molecule has 0 unspecified atom stereocenters. The molecule has 5 nitrogen and oxygen atoms in total. The Hall–Kier alpha value is -1.88. The Bertz CT molecular complexity index is 559. The predicted octanol–water partition coefficient (Wildman–Crippen LogP) is 1.62. The molecule has 21 heavy (non-hydrogen) atoms. The highest BCUT2D eigenvalue weighted by Crippen LogP contribution is 2.49. The molecule has 2 aliphatic rings. The first kappa shape index (κ1) is 14.1. The molecule has 0 N–H and O–H groups in total. The zero-order valence-corrected chi connectivity index (χ0v) is 12.2. The molecule has 3 atom stereocenters. The van der Waals surface area contributed by atoms with Gasteiger partial charge in [0.1, 0.15) is 0 Å². The number of benzene rings is 1. The van der Waals surface area contributed by atoms with E-state index in [2.05, 4.69) is 0 Å². The fourth-order valence-electron chi connectivity index (χ4n) is 3.81. The summed E-state index contributed by atoms with van der Waals surface area (Å²) in [5.41, 5.74) is -0.379. The molecule has 3 rings (SSSR count). The van der Waals surface area contributed by atoms with Crippen molar-refractivity contribution in [1.82, 2.24) is 4.90 Å². The van der Waals surface area contributed by atoms with Gasteiger partial charge in [0.05, 0.1) is 13.2 Å². The maximum atomic E-state index is 12.9. The van der Waals surface area contributed by atoms with Gasteiger partial charge in [-0.15, -0.1) is 0 Å². The van der Waals surface area contributed by atoms with Crippen LogP contribution in [-0.4, -0.2) is 48.7 Å². The Labute approximate surface area is 123 Å². The van der Waals surface area contributed by atoms with Crippen LogP contribution in [0.2, 0.25) is 0 Å². The number of hydrogen-bond acceptors (Lipinski definition) is 4. The van der Waals surface area contributed by atoms with Crippen molar-refractivity contribution in [2.24, 2.45) is 0 Å². The lowest BCUT2D eigenvalue weighted by Crippen LogP contribution is -2.57. The summed E-state index contributed by atoms with van der Waals surface area (Å²) >= 11 is 0. The Morgan fingerprint density at radius 2 is 1.95 bits per heavy atom. The zero-order valence-electron chi connectivity index (χ0n) is 12.2. The number of fused-ring (bicyclic) bond motifs is 2. The van der Waals surface area contributed by atoms with E-state index in [1.165, 1.54) is 7.11 Å². The van der Waals surface area contributed by atoms with E-state index in [-0.39, 0.29) is 24.0 Å². The van der Waals surface area contributed by atoms with Gasteiger partial charge in [-0.1, -0.05) is 18.2 Å². The normalized spacial score (nSPS) is 30.5. The van der Waals surface area contributed by atoms with Crippen molar-refractivity contribution in [2.45, 2.75) is 36.9 Å². The lowest BCUT2D eigenvalue weighted by Gasteiger charge is -2.35. The van der Waals surface area contributed by atoms with Crippen LogP contribution in [0.25, 0.3) is 0 Å². The minimum Gasteiger partial charge on any atom is -0.467 e. The first-order valence-corrected chi connectivity index (χ1v) is 7.15. The van der Waals surface area contributed by atoms with Crippen LogP contribution in [0.15, 0.2) is 30.3 Å². The van der Waals surface area contributed by atoms with Gasteiger partial charge in [-0.2, -0.15) is 0 Å². The fraction of sp³-hybridized carbons (Fsp3) is 0.500. The van der Waals surface area contributed by atoms with Crippen LogP contribution in [-0.2, 0) is 14.3 Å². The molecule has 112 valence electrons. The second-order valence-electron chi connectivity index (χ2n) is 5.61. The summed E-state index contributed by atoms with van der Waals surface area (Å²) < 4.78 is 10.5. The third-order valence-corrected chi connectivity index (χ3v) is 4.74. The Balaban J connectivity index is 2.01. The van der Waals surface area contributed by atoms with Crippen molar-refractivity contribution >= 4 is 11.9 Å². The summed E-state index contributed by atoms with van der Waals surface area (Å²) in [5, 5.41) is 0. The highest BCUT2D eigenvalue weighted by Gasteiger charge is 2.65. The minimum atomic E-state index is -0.971. The van der Waals surface area contributed by atoms with Gasteiger partial charge in [-0.3, -0.25) is 4.79 Å². The lowest BCUT2D eigenvalue weighted by atomic mass is 9.84. The number of hydrogen-bond donors (Lipinski definition) is 0. The van der Waals surface area contributed by atoms with Gasteiger partial charge >= 0.3 is 5.97 Å². The maximum Gasteiger partial charge on any atom is 0.334 e. The Morgan fingerprint density at radius 3 is 2.57 bits per heavy atom. The van der Waals surface area contributed by atoms with Crippen molar-refractivity contribution in [3.63, 3.8) is 0 Å². The van der Waals surface area contributed by atoms with E-state index in [1.807, 2.05) is 18.2 Å². The summed E-state index contributed by atoms with van der Waals surface area (Å²) in [7, 11) is 2.95. The topological polar surface area (TPSA) is 55.8 Å². The maximum absolute atomic E-state index is 12.9. The second-order valence-corrected chi connectivity index (χ2v) is 5.61. The van der Waals surface area contributed by atoms with E-state index in [1.54, 1.807) is 24.1 Å². The summed E-state index contributed by atoms with van der Waals surface area (Å²) in [6.07, 6.45) is 1.80. The minimum absolute atomic E-state index is 0.0433. The summed E-state index contributed by atoms with van der Waals surface area (Å²) in [5.74, 6) is -0.498. The summed E-state index contributed by atoms with van der Waals surface area (Å²) in [6.45, 7) is 0. The zero-order chi connectivity index (χ0) is 15.0. The van der Waals surface area contributed by atoms with Crippen LogP contribution in [0, 0.1) is 0 Å². The average molecular weight is 289 g/mol. The van der Waals surface area contributed by atoms with Gasteiger partial charge in [-0.05, 0) is 31.4 Å². The largest absolute Gasteiger partial charge is 0.467 e. The van der Waals surface area contributed by atoms with Crippen molar-refractivity contribution in [3.05, 3.63) is 35.9 Å². The number of rotatable bonds is 3. The molecule has 1 aromatic rings. The first-order chi connectivity index (χ1) is 10.1. The van der Waals surface area contributed by atoms with Crippen molar-refractivity contribution < 1.29 is 19.1 Å². The predicted molar refractivity (Wildman–Crippen MR) is 75.8 cm³/mol. The number of carbonyl (C=O) groups excluding carboxylic acids is 2. The highest BCUT2D eigenvalue weighted by atomic mass is 16.5. The third kappa shape index (κ3) is 1.87. The number of carbonyl (C=O) groups is 2. The molecule has 5 heteroatoms. The van der Waals surface area contributed by atoms with E-state index in [9.17, 15) is 9.59 Å². The van der Waals surface area contributed by atoms with Gasteiger partial charge in [0.15, 0.2) is 5.54 Å². The summed E-state index contributed by atoms with van der Waals surface area (Å²) in [6, 6.07) is 9.10. The summed E-state index contributed by atoms with van der Waals surface area (Å²) in [4.78, 5) is 27.0. The molecule has 2 saturated heterocycles. The molecule has 0 spiro atoms. The number of amides is 1. The van der Waals surface area contributed by atoms with Crippen molar-refractivity contribution in [1.29, 1.82) is 0 Å². The number of ether oxygens (including phenoxy) is 2. The van der Waals surface area contributed by atoms with Crippen LogP contribution in [0.3, 0.4) is 0 Å². The number of nitrogens with zero attached hydrogens (tertiary/aromatic N) is 1. The first-order valence-electron chi connectivity index (χ1n) is 7.15. The van der Waals surface area contributed by atoms with Crippen molar-refractivity contribution in [3.8, 4) is 0 Å². The Morgan fingerprint density at radius 1 is 1.24 bits per heavy atom. The molecule has 0 aliphatic carbocycles. The molecular weight excluding hydrogens is 270 g/mol. The SMILES string of the molecule is COC(=O)[C@]12CC[C@H](C[C@@H]1OC)N2C(=O)c1ccccc1. The van der Waals surface area contributed by atoms with Crippen LogP contribution < -0.4 is 0 Å². The van der Waals surface area contributed by atoms with E-state index in [0.29, 0.717) is 18.4 Å².